The predicted octanol–water partition coefficient (Wildman–Crippen LogP) is 1.96. The average Bonchev–Trinajstić information content (AvgIpc) is 2.60. The first kappa shape index (κ1) is 10.7. The van der Waals surface area contributed by atoms with Crippen molar-refractivity contribution in [1.29, 1.82) is 0 Å². The molecule has 0 fully saturated rings. The SMILES string of the molecule is Fc1ccc2c(c1)CC(CNCCCl)O2. The minimum absolute atomic E-state index is 0.102. The normalized spacial score (nSPS) is 18.7. The minimum atomic E-state index is -0.202. The summed E-state index contributed by atoms with van der Waals surface area (Å²) in [6.45, 7) is 1.52. The lowest BCUT2D eigenvalue weighted by Crippen LogP contribution is -2.31. The van der Waals surface area contributed by atoms with E-state index < -0.39 is 0 Å². The van der Waals surface area contributed by atoms with E-state index >= 15 is 0 Å². The van der Waals surface area contributed by atoms with Crippen molar-refractivity contribution in [2.45, 2.75) is 12.5 Å². The molecule has 0 saturated carbocycles. The quantitative estimate of drug-likeness (QED) is 0.630. The van der Waals surface area contributed by atoms with Crippen molar-refractivity contribution in [3.05, 3.63) is 29.6 Å². The molecule has 1 aromatic carbocycles. The molecule has 0 bridgehead atoms. The van der Waals surface area contributed by atoms with E-state index in [0.717, 1.165) is 30.8 Å². The molecule has 1 aliphatic rings. The third-order valence-corrected chi connectivity index (χ3v) is 2.60. The van der Waals surface area contributed by atoms with E-state index in [9.17, 15) is 4.39 Å². The molecule has 4 heteroatoms. The summed E-state index contributed by atoms with van der Waals surface area (Å²) in [6.07, 6.45) is 0.868. The molecule has 82 valence electrons. The fourth-order valence-corrected chi connectivity index (χ4v) is 1.87. The molecule has 0 saturated heterocycles. The third kappa shape index (κ3) is 2.61. The molecule has 2 rings (SSSR count). The van der Waals surface area contributed by atoms with Crippen molar-refractivity contribution in [3.63, 3.8) is 0 Å². The lowest BCUT2D eigenvalue weighted by Gasteiger charge is -2.10. The Morgan fingerprint density at radius 3 is 3.20 bits per heavy atom. The molecule has 1 unspecified atom stereocenters. The zero-order chi connectivity index (χ0) is 10.7. The summed E-state index contributed by atoms with van der Waals surface area (Å²) in [5.41, 5.74) is 0.952. The van der Waals surface area contributed by atoms with Crippen molar-refractivity contribution in [2.75, 3.05) is 19.0 Å². The number of ether oxygens (including phenoxy) is 1. The number of nitrogens with one attached hydrogen (secondary N) is 1. The van der Waals surface area contributed by atoms with E-state index in [1.807, 2.05) is 0 Å². The highest BCUT2D eigenvalue weighted by Crippen LogP contribution is 2.28. The van der Waals surface area contributed by atoms with Gasteiger partial charge >= 0.3 is 0 Å². The Morgan fingerprint density at radius 2 is 2.40 bits per heavy atom. The largest absolute Gasteiger partial charge is 0.488 e. The van der Waals surface area contributed by atoms with Gasteiger partial charge in [0.05, 0.1) is 0 Å². The molecule has 1 N–H and O–H groups in total. The van der Waals surface area contributed by atoms with Crippen LogP contribution in [0.25, 0.3) is 0 Å². The van der Waals surface area contributed by atoms with Crippen molar-refractivity contribution >= 4 is 11.6 Å². The highest BCUT2D eigenvalue weighted by Gasteiger charge is 2.22. The first-order valence-corrected chi connectivity index (χ1v) is 5.55. The molecule has 2 nitrogen and oxygen atoms in total. The number of benzene rings is 1. The van der Waals surface area contributed by atoms with Crippen molar-refractivity contribution in [3.8, 4) is 5.75 Å². The monoisotopic (exact) mass is 229 g/mol. The van der Waals surface area contributed by atoms with Crippen LogP contribution in [0.1, 0.15) is 5.56 Å². The van der Waals surface area contributed by atoms with Crippen LogP contribution in [0.4, 0.5) is 4.39 Å². The van der Waals surface area contributed by atoms with Crippen molar-refractivity contribution in [2.24, 2.45) is 0 Å². The lowest BCUT2D eigenvalue weighted by atomic mass is 10.1. The highest BCUT2D eigenvalue weighted by molar-refractivity contribution is 6.18. The number of fused-ring (bicyclic) bond motifs is 1. The van der Waals surface area contributed by atoms with Crippen LogP contribution < -0.4 is 10.1 Å². The van der Waals surface area contributed by atoms with Gasteiger partial charge in [0.25, 0.3) is 0 Å². The second kappa shape index (κ2) is 4.81. The number of halogens is 2. The number of alkyl halides is 1. The van der Waals surface area contributed by atoms with E-state index in [0.29, 0.717) is 5.88 Å². The zero-order valence-electron chi connectivity index (χ0n) is 8.30. The second-order valence-electron chi connectivity index (χ2n) is 3.59. The summed E-state index contributed by atoms with van der Waals surface area (Å²) >= 11 is 5.54. The van der Waals surface area contributed by atoms with Crippen molar-refractivity contribution < 1.29 is 9.13 Å². The molecule has 1 aromatic rings. The lowest BCUT2D eigenvalue weighted by molar-refractivity contribution is 0.229. The van der Waals surface area contributed by atoms with Crippen LogP contribution in [0.3, 0.4) is 0 Å². The molecule has 1 heterocycles. The van der Waals surface area contributed by atoms with Crippen LogP contribution in [0.2, 0.25) is 0 Å². The summed E-state index contributed by atoms with van der Waals surface area (Å²) in [7, 11) is 0. The summed E-state index contributed by atoms with van der Waals surface area (Å²) in [5.74, 6) is 1.19. The molecule has 0 radical (unpaired) electrons. The second-order valence-corrected chi connectivity index (χ2v) is 3.97. The van der Waals surface area contributed by atoms with E-state index in [-0.39, 0.29) is 11.9 Å². The number of rotatable bonds is 4. The Labute approximate surface area is 93.4 Å². The van der Waals surface area contributed by atoms with Gasteiger partial charge in [-0.05, 0) is 18.2 Å². The standard InChI is InChI=1S/C11H13ClFNO/c12-3-4-14-7-10-6-8-5-9(13)1-2-11(8)15-10/h1-2,5,10,14H,3-4,6-7H2. The predicted molar refractivity (Wildman–Crippen MR) is 58.1 cm³/mol. The summed E-state index contributed by atoms with van der Waals surface area (Å²) in [4.78, 5) is 0. The fourth-order valence-electron chi connectivity index (χ4n) is 1.73. The van der Waals surface area contributed by atoms with Gasteiger partial charge in [0.2, 0.25) is 0 Å². The smallest absolute Gasteiger partial charge is 0.123 e. The summed E-state index contributed by atoms with van der Waals surface area (Å²) in [6, 6.07) is 4.65. The van der Waals surface area contributed by atoms with E-state index in [1.165, 1.54) is 12.1 Å². The van der Waals surface area contributed by atoms with Crippen LogP contribution in [-0.2, 0) is 6.42 Å². The van der Waals surface area contributed by atoms with Gasteiger partial charge in [-0.25, -0.2) is 4.39 Å². The minimum Gasteiger partial charge on any atom is -0.488 e. The maximum atomic E-state index is 12.9. The van der Waals surface area contributed by atoms with Crippen LogP contribution in [0, 0.1) is 5.82 Å². The molecule has 0 amide bonds. The van der Waals surface area contributed by atoms with Gasteiger partial charge in [0, 0.05) is 31.0 Å². The first-order chi connectivity index (χ1) is 7.29. The topological polar surface area (TPSA) is 21.3 Å². The molecule has 0 spiro atoms. The Hall–Kier alpha value is -0.800. The van der Waals surface area contributed by atoms with E-state index in [2.05, 4.69) is 5.32 Å². The van der Waals surface area contributed by atoms with Crippen LogP contribution >= 0.6 is 11.6 Å². The van der Waals surface area contributed by atoms with Crippen LogP contribution in [0.5, 0.6) is 5.75 Å². The molecule has 0 aromatic heterocycles. The highest BCUT2D eigenvalue weighted by atomic mass is 35.5. The Balaban J connectivity index is 1.91. The summed E-state index contributed by atoms with van der Waals surface area (Å²) < 4.78 is 18.5. The molecular formula is C11H13ClFNO. The van der Waals surface area contributed by atoms with Gasteiger partial charge in [-0.15, -0.1) is 11.6 Å². The van der Waals surface area contributed by atoms with Gasteiger partial charge in [-0.1, -0.05) is 0 Å². The van der Waals surface area contributed by atoms with Gasteiger partial charge in [0.1, 0.15) is 17.7 Å². The third-order valence-electron chi connectivity index (χ3n) is 2.41. The maximum Gasteiger partial charge on any atom is 0.123 e. The Kier molecular flexibility index (Phi) is 3.44. The zero-order valence-corrected chi connectivity index (χ0v) is 9.06. The van der Waals surface area contributed by atoms with Gasteiger partial charge in [-0.2, -0.15) is 0 Å². The molecule has 1 aliphatic heterocycles. The van der Waals surface area contributed by atoms with Crippen molar-refractivity contribution in [1.82, 2.24) is 5.32 Å². The average molecular weight is 230 g/mol. The number of hydrogen-bond acceptors (Lipinski definition) is 2. The number of hydrogen-bond donors (Lipinski definition) is 1. The first-order valence-electron chi connectivity index (χ1n) is 5.01. The molecule has 15 heavy (non-hydrogen) atoms. The van der Waals surface area contributed by atoms with Crippen LogP contribution in [0.15, 0.2) is 18.2 Å². The van der Waals surface area contributed by atoms with Gasteiger partial charge in [-0.3, -0.25) is 0 Å². The Morgan fingerprint density at radius 1 is 1.53 bits per heavy atom. The molecule has 0 aliphatic carbocycles. The maximum absolute atomic E-state index is 12.9. The Bertz CT molecular complexity index is 345. The fraction of sp³-hybridized carbons (Fsp3) is 0.455. The molecule has 1 atom stereocenters. The van der Waals surface area contributed by atoms with Gasteiger partial charge in [0.15, 0.2) is 0 Å². The summed E-state index contributed by atoms with van der Waals surface area (Å²) in [5, 5.41) is 3.18. The van der Waals surface area contributed by atoms with E-state index in [1.54, 1.807) is 6.07 Å². The molecular weight excluding hydrogens is 217 g/mol. The van der Waals surface area contributed by atoms with Gasteiger partial charge < -0.3 is 10.1 Å². The van der Waals surface area contributed by atoms with Crippen LogP contribution in [-0.4, -0.2) is 25.1 Å². The van der Waals surface area contributed by atoms with E-state index in [4.69, 9.17) is 16.3 Å².